The highest BCUT2D eigenvalue weighted by atomic mass is 19.1. The number of pyridine rings is 1. The van der Waals surface area contributed by atoms with Crippen LogP contribution in [0.1, 0.15) is 70.8 Å². The number of aromatic nitrogens is 1. The number of carbonyl (C=O) groups excluding carboxylic acids is 1. The van der Waals surface area contributed by atoms with Gasteiger partial charge in [0.15, 0.2) is 0 Å². The molecule has 5 aliphatic rings. The van der Waals surface area contributed by atoms with Crippen molar-refractivity contribution in [2.24, 2.45) is 5.92 Å². The van der Waals surface area contributed by atoms with E-state index in [2.05, 4.69) is 32.7 Å². The lowest BCUT2D eigenvalue weighted by Crippen LogP contribution is -2.51. The first-order chi connectivity index (χ1) is 16.1. The first-order valence-electron chi connectivity index (χ1n) is 12.7. The number of nitrogens with one attached hydrogen (secondary N) is 2. The van der Waals surface area contributed by atoms with Crippen molar-refractivity contribution in [3.05, 3.63) is 58.2 Å². The summed E-state index contributed by atoms with van der Waals surface area (Å²) in [5.41, 5.74) is 6.01. The fourth-order valence-electron chi connectivity index (χ4n) is 6.82. The SMILES string of the molecule is O=C(N[C@@H]1CCc2cc(N3CC4CCC(C3)N4)cc(F)c2C1)c1cnc2c(c1)[C@H]1C[C@H]1CC2. The van der Waals surface area contributed by atoms with Crippen molar-refractivity contribution in [3.63, 3.8) is 0 Å². The molecule has 172 valence electrons. The quantitative estimate of drug-likeness (QED) is 0.758. The van der Waals surface area contributed by atoms with E-state index in [1.807, 2.05) is 0 Å². The van der Waals surface area contributed by atoms with Gasteiger partial charge in [0.05, 0.1) is 5.56 Å². The molecule has 1 saturated carbocycles. The van der Waals surface area contributed by atoms with E-state index in [1.54, 1.807) is 12.3 Å². The Morgan fingerprint density at radius 2 is 1.94 bits per heavy atom. The maximum atomic E-state index is 15.2. The maximum Gasteiger partial charge on any atom is 0.253 e. The van der Waals surface area contributed by atoms with Gasteiger partial charge >= 0.3 is 0 Å². The van der Waals surface area contributed by atoms with Crippen LogP contribution in [0.3, 0.4) is 0 Å². The van der Waals surface area contributed by atoms with Gasteiger partial charge in [0.2, 0.25) is 0 Å². The Hall–Kier alpha value is -2.47. The molecule has 1 amide bonds. The number of anilines is 1. The van der Waals surface area contributed by atoms with Crippen molar-refractivity contribution in [3.8, 4) is 0 Å². The van der Waals surface area contributed by atoms with E-state index in [9.17, 15) is 4.79 Å². The van der Waals surface area contributed by atoms with Crippen molar-refractivity contribution >= 4 is 11.6 Å². The van der Waals surface area contributed by atoms with Gasteiger partial charge in [-0.05, 0) is 98.1 Å². The summed E-state index contributed by atoms with van der Waals surface area (Å²) in [6.07, 6.45) is 9.89. The predicted molar refractivity (Wildman–Crippen MR) is 125 cm³/mol. The Balaban J connectivity index is 1.06. The molecule has 2 N–H and O–H groups in total. The third-order valence-corrected chi connectivity index (χ3v) is 8.74. The topological polar surface area (TPSA) is 57.3 Å². The number of nitrogens with zero attached hydrogens (tertiary/aromatic N) is 2. The largest absolute Gasteiger partial charge is 0.368 e. The number of halogens is 1. The van der Waals surface area contributed by atoms with Gasteiger partial charge in [-0.3, -0.25) is 9.78 Å². The van der Waals surface area contributed by atoms with Gasteiger partial charge in [0.1, 0.15) is 5.82 Å². The fourth-order valence-corrected chi connectivity index (χ4v) is 6.82. The molecule has 1 aromatic carbocycles. The van der Waals surface area contributed by atoms with Gasteiger partial charge in [-0.2, -0.15) is 0 Å². The minimum Gasteiger partial charge on any atom is -0.368 e. The molecule has 0 radical (unpaired) electrons. The summed E-state index contributed by atoms with van der Waals surface area (Å²) < 4.78 is 15.2. The number of benzene rings is 1. The van der Waals surface area contributed by atoms with E-state index in [0.717, 1.165) is 55.1 Å². The zero-order valence-corrected chi connectivity index (χ0v) is 18.9. The number of fused-ring (bicyclic) bond motifs is 6. The van der Waals surface area contributed by atoms with Crippen molar-refractivity contribution in [1.29, 1.82) is 0 Å². The minimum atomic E-state index is -0.123. The lowest BCUT2D eigenvalue weighted by molar-refractivity contribution is 0.0933. The van der Waals surface area contributed by atoms with Crippen LogP contribution in [0.4, 0.5) is 10.1 Å². The van der Waals surface area contributed by atoms with E-state index in [1.165, 1.54) is 36.9 Å². The molecule has 2 unspecified atom stereocenters. The van der Waals surface area contributed by atoms with Crippen molar-refractivity contribution in [2.75, 3.05) is 18.0 Å². The number of aryl methyl sites for hydroxylation is 2. The van der Waals surface area contributed by atoms with Gasteiger partial charge < -0.3 is 15.5 Å². The normalized spacial score (nSPS) is 31.4. The number of amides is 1. The number of carbonyl (C=O) groups is 1. The van der Waals surface area contributed by atoms with Gasteiger partial charge in [-0.25, -0.2) is 4.39 Å². The maximum absolute atomic E-state index is 15.2. The highest BCUT2D eigenvalue weighted by molar-refractivity contribution is 5.94. The summed E-state index contributed by atoms with van der Waals surface area (Å²) in [5, 5.41) is 6.82. The molecule has 0 spiro atoms. The Labute approximate surface area is 194 Å². The van der Waals surface area contributed by atoms with Crippen LogP contribution in [0.5, 0.6) is 0 Å². The molecule has 6 heteroatoms. The zero-order chi connectivity index (χ0) is 22.1. The molecule has 5 atom stereocenters. The molecule has 2 aliphatic heterocycles. The van der Waals surface area contributed by atoms with E-state index in [0.29, 0.717) is 30.0 Å². The van der Waals surface area contributed by atoms with Gasteiger partial charge in [0.25, 0.3) is 5.91 Å². The first kappa shape index (κ1) is 20.0. The Morgan fingerprint density at radius 3 is 2.79 bits per heavy atom. The Morgan fingerprint density at radius 1 is 1.09 bits per heavy atom. The monoisotopic (exact) mass is 446 g/mol. The van der Waals surface area contributed by atoms with Crippen LogP contribution in [0.2, 0.25) is 0 Å². The van der Waals surface area contributed by atoms with Gasteiger partial charge in [0, 0.05) is 48.8 Å². The standard InChI is InChI=1S/C27H31FN4O/c28-25-11-21(32-13-19-4-5-20(14-32)30-19)7-15-1-3-18(10-23(15)25)31-27(33)17-9-24-22-8-16(22)2-6-26(24)29-12-17/h7,9,11-12,16,18-20,22,30H,1-6,8,10,13-14H2,(H,31,33)/t16-,18-,19?,20?,22+/m1/s1. The fraction of sp³-hybridized carbons (Fsp3) is 0.556. The number of hydrogen-bond acceptors (Lipinski definition) is 4. The van der Waals surface area contributed by atoms with Crippen LogP contribution in [0.15, 0.2) is 24.4 Å². The summed E-state index contributed by atoms with van der Waals surface area (Å²) in [4.78, 5) is 19.9. The first-order valence-corrected chi connectivity index (χ1v) is 12.7. The van der Waals surface area contributed by atoms with Crippen LogP contribution in [-0.4, -0.2) is 42.1 Å². The molecule has 5 nitrogen and oxygen atoms in total. The van der Waals surface area contributed by atoms with Crippen molar-refractivity contribution in [2.45, 2.75) is 75.4 Å². The van der Waals surface area contributed by atoms with Crippen LogP contribution in [0.25, 0.3) is 0 Å². The summed E-state index contributed by atoms with van der Waals surface area (Å²) in [7, 11) is 0. The Bertz CT molecular complexity index is 1120. The van der Waals surface area contributed by atoms with Crippen molar-refractivity contribution in [1.82, 2.24) is 15.6 Å². The molecule has 3 heterocycles. The van der Waals surface area contributed by atoms with Gasteiger partial charge in [-0.15, -0.1) is 0 Å². The molecule has 2 bridgehead atoms. The van der Waals surface area contributed by atoms with Crippen LogP contribution in [-0.2, 0) is 19.3 Å². The van der Waals surface area contributed by atoms with E-state index in [-0.39, 0.29) is 17.8 Å². The highest BCUT2D eigenvalue weighted by Gasteiger charge is 2.43. The lowest BCUT2D eigenvalue weighted by atomic mass is 9.87. The van der Waals surface area contributed by atoms with Crippen LogP contribution >= 0.6 is 0 Å². The second-order valence-corrected chi connectivity index (χ2v) is 10.9. The molecule has 3 aliphatic carbocycles. The average molecular weight is 447 g/mol. The van der Waals surface area contributed by atoms with Crippen LogP contribution in [0, 0.1) is 11.7 Å². The second-order valence-electron chi connectivity index (χ2n) is 10.9. The summed E-state index contributed by atoms with van der Waals surface area (Å²) >= 11 is 0. The smallest absolute Gasteiger partial charge is 0.253 e. The molecule has 2 saturated heterocycles. The molecule has 33 heavy (non-hydrogen) atoms. The number of piperazine rings is 1. The summed E-state index contributed by atoms with van der Waals surface area (Å²) in [5.74, 6) is 1.22. The lowest BCUT2D eigenvalue weighted by Gasteiger charge is -2.35. The molecule has 1 aromatic heterocycles. The molecule has 7 rings (SSSR count). The van der Waals surface area contributed by atoms with E-state index >= 15 is 4.39 Å². The third-order valence-electron chi connectivity index (χ3n) is 8.74. The molecule has 3 fully saturated rings. The number of hydrogen-bond donors (Lipinski definition) is 2. The highest BCUT2D eigenvalue weighted by Crippen LogP contribution is 2.54. The van der Waals surface area contributed by atoms with Crippen LogP contribution < -0.4 is 15.5 Å². The Kier molecular flexibility index (Phi) is 4.55. The molecular weight excluding hydrogens is 415 g/mol. The summed E-state index contributed by atoms with van der Waals surface area (Å²) in [6, 6.07) is 7.00. The number of rotatable bonds is 3. The zero-order valence-electron chi connectivity index (χ0n) is 18.9. The predicted octanol–water partition coefficient (Wildman–Crippen LogP) is 3.50. The third kappa shape index (κ3) is 3.54. The summed E-state index contributed by atoms with van der Waals surface area (Å²) in [6.45, 7) is 1.92. The van der Waals surface area contributed by atoms with Gasteiger partial charge in [-0.1, -0.05) is 0 Å². The van der Waals surface area contributed by atoms with E-state index < -0.39 is 0 Å². The minimum absolute atomic E-state index is 0.0370. The average Bonchev–Trinajstić information content (AvgIpc) is 3.56. The second kappa shape index (κ2) is 7.52. The van der Waals surface area contributed by atoms with Crippen molar-refractivity contribution < 1.29 is 9.18 Å². The molecule has 2 aromatic rings. The molecular formula is C27H31FN4O. The van der Waals surface area contributed by atoms with E-state index in [4.69, 9.17) is 0 Å².